The number of ether oxygens (including phenoxy) is 1. The summed E-state index contributed by atoms with van der Waals surface area (Å²) in [4.78, 5) is 27.2. The minimum absolute atomic E-state index is 0.133. The summed E-state index contributed by atoms with van der Waals surface area (Å²) >= 11 is 0. The van der Waals surface area contributed by atoms with Gasteiger partial charge in [-0.25, -0.2) is 4.79 Å². The summed E-state index contributed by atoms with van der Waals surface area (Å²) in [5.74, 6) is 0.133. The van der Waals surface area contributed by atoms with Crippen LogP contribution in [0, 0.1) is 0 Å². The molecule has 6 nitrogen and oxygen atoms in total. The predicted molar refractivity (Wildman–Crippen MR) is 87.9 cm³/mol. The molecule has 0 unspecified atom stereocenters. The predicted octanol–water partition coefficient (Wildman–Crippen LogP) is 1.47. The Hall–Kier alpha value is -2.08. The molecule has 1 fully saturated rings. The summed E-state index contributed by atoms with van der Waals surface area (Å²) in [5, 5.41) is 3.28. The highest BCUT2D eigenvalue weighted by molar-refractivity contribution is 5.77. The molecule has 2 amide bonds. The van der Waals surface area contributed by atoms with Crippen molar-refractivity contribution < 1.29 is 14.3 Å². The van der Waals surface area contributed by atoms with Gasteiger partial charge in [-0.05, 0) is 12.5 Å². The smallest absolute Gasteiger partial charge is 0.409 e. The maximum atomic E-state index is 12.2. The maximum Gasteiger partial charge on any atom is 0.409 e. The third kappa shape index (κ3) is 5.56. The zero-order valence-corrected chi connectivity index (χ0v) is 13.7. The van der Waals surface area contributed by atoms with Crippen molar-refractivity contribution in [3.05, 3.63) is 35.9 Å². The van der Waals surface area contributed by atoms with Crippen LogP contribution in [0.4, 0.5) is 4.79 Å². The van der Waals surface area contributed by atoms with Crippen molar-refractivity contribution in [3.63, 3.8) is 0 Å². The first-order valence-corrected chi connectivity index (χ1v) is 8.15. The van der Waals surface area contributed by atoms with Gasteiger partial charge in [0.15, 0.2) is 0 Å². The largest absolute Gasteiger partial charge is 0.450 e. The number of rotatable bonds is 6. The van der Waals surface area contributed by atoms with Gasteiger partial charge in [-0.1, -0.05) is 30.3 Å². The van der Waals surface area contributed by atoms with Crippen molar-refractivity contribution in [3.8, 4) is 0 Å². The summed E-state index contributed by atoms with van der Waals surface area (Å²) < 4.78 is 4.97. The topological polar surface area (TPSA) is 61.9 Å². The third-order valence-corrected chi connectivity index (χ3v) is 3.85. The number of piperazine rings is 1. The van der Waals surface area contributed by atoms with Crippen LogP contribution in [0.3, 0.4) is 0 Å². The van der Waals surface area contributed by atoms with E-state index in [1.807, 2.05) is 23.1 Å². The van der Waals surface area contributed by atoms with E-state index < -0.39 is 0 Å². The van der Waals surface area contributed by atoms with Gasteiger partial charge < -0.3 is 19.9 Å². The summed E-state index contributed by atoms with van der Waals surface area (Å²) in [5.41, 5.74) is 1.21. The summed E-state index contributed by atoms with van der Waals surface area (Å²) in [7, 11) is 0. The first-order valence-electron chi connectivity index (χ1n) is 8.15. The standard InChI is InChI=1S/C17H25N3O3/c1-2-23-17(22)20-12-10-19(11-13-20)16(21)8-9-18-14-15-6-4-3-5-7-15/h3-7,18H,2,8-14H2,1H3. The van der Waals surface area contributed by atoms with Crippen molar-refractivity contribution in [2.75, 3.05) is 39.3 Å². The Bertz CT molecular complexity index is 499. The molecule has 1 N–H and O–H groups in total. The Labute approximate surface area is 137 Å². The second-order valence-corrected chi connectivity index (χ2v) is 5.48. The van der Waals surface area contributed by atoms with Crippen LogP contribution < -0.4 is 5.32 Å². The van der Waals surface area contributed by atoms with Gasteiger partial charge in [0.25, 0.3) is 0 Å². The van der Waals surface area contributed by atoms with Gasteiger partial charge >= 0.3 is 6.09 Å². The van der Waals surface area contributed by atoms with Gasteiger partial charge in [0, 0.05) is 45.7 Å². The second kappa shape index (κ2) is 9.15. The minimum Gasteiger partial charge on any atom is -0.450 e. The van der Waals surface area contributed by atoms with E-state index in [0.717, 1.165) is 6.54 Å². The number of hydrogen-bond donors (Lipinski definition) is 1. The Balaban J connectivity index is 1.62. The van der Waals surface area contributed by atoms with Crippen LogP contribution in [0.5, 0.6) is 0 Å². The number of nitrogens with zero attached hydrogens (tertiary/aromatic N) is 2. The van der Waals surface area contributed by atoms with E-state index >= 15 is 0 Å². The lowest BCUT2D eigenvalue weighted by molar-refractivity contribution is -0.132. The van der Waals surface area contributed by atoms with Gasteiger partial charge in [0.2, 0.25) is 5.91 Å². The van der Waals surface area contributed by atoms with E-state index in [1.165, 1.54) is 5.56 Å². The molecule has 1 heterocycles. The van der Waals surface area contributed by atoms with Crippen LogP contribution in [0.1, 0.15) is 18.9 Å². The van der Waals surface area contributed by atoms with E-state index in [9.17, 15) is 9.59 Å². The third-order valence-electron chi connectivity index (χ3n) is 3.85. The first-order chi connectivity index (χ1) is 11.2. The molecular weight excluding hydrogens is 294 g/mol. The lowest BCUT2D eigenvalue weighted by Crippen LogP contribution is -2.51. The molecule has 1 saturated heterocycles. The normalized spacial score (nSPS) is 14.7. The van der Waals surface area contributed by atoms with Gasteiger partial charge in [0.1, 0.15) is 0 Å². The van der Waals surface area contributed by atoms with Crippen molar-refractivity contribution in [1.29, 1.82) is 0 Å². The molecule has 0 aromatic heterocycles. The first kappa shape index (κ1) is 17.3. The molecule has 23 heavy (non-hydrogen) atoms. The average Bonchev–Trinajstić information content (AvgIpc) is 2.60. The van der Waals surface area contributed by atoms with E-state index in [4.69, 9.17) is 4.74 Å². The summed E-state index contributed by atoms with van der Waals surface area (Å²) in [6.45, 7) is 5.85. The molecule has 1 aromatic carbocycles. The SMILES string of the molecule is CCOC(=O)N1CCN(C(=O)CCNCc2ccccc2)CC1. The van der Waals surface area contributed by atoms with Gasteiger partial charge in [-0.2, -0.15) is 0 Å². The van der Waals surface area contributed by atoms with Crippen molar-refractivity contribution in [2.24, 2.45) is 0 Å². The van der Waals surface area contributed by atoms with E-state index in [1.54, 1.807) is 11.8 Å². The van der Waals surface area contributed by atoms with E-state index in [0.29, 0.717) is 45.8 Å². The quantitative estimate of drug-likeness (QED) is 0.807. The fourth-order valence-electron chi connectivity index (χ4n) is 2.54. The van der Waals surface area contributed by atoms with Crippen LogP contribution in [0.2, 0.25) is 0 Å². The highest BCUT2D eigenvalue weighted by atomic mass is 16.6. The van der Waals surface area contributed by atoms with Crippen LogP contribution in [-0.2, 0) is 16.1 Å². The molecular formula is C17H25N3O3. The number of amides is 2. The molecule has 0 bridgehead atoms. The number of hydrogen-bond acceptors (Lipinski definition) is 4. The molecule has 0 atom stereocenters. The molecule has 0 spiro atoms. The molecule has 6 heteroatoms. The fraction of sp³-hybridized carbons (Fsp3) is 0.529. The lowest BCUT2D eigenvalue weighted by atomic mass is 10.2. The molecule has 0 aliphatic carbocycles. The molecule has 0 radical (unpaired) electrons. The van der Waals surface area contributed by atoms with Gasteiger partial charge in [0.05, 0.1) is 6.61 Å². The van der Waals surface area contributed by atoms with Crippen LogP contribution >= 0.6 is 0 Å². The maximum absolute atomic E-state index is 12.2. The van der Waals surface area contributed by atoms with Crippen molar-refractivity contribution >= 4 is 12.0 Å². The van der Waals surface area contributed by atoms with Crippen molar-refractivity contribution in [1.82, 2.24) is 15.1 Å². The van der Waals surface area contributed by atoms with Crippen LogP contribution in [-0.4, -0.2) is 61.1 Å². The number of carbonyl (C=O) groups is 2. The second-order valence-electron chi connectivity index (χ2n) is 5.48. The number of benzene rings is 1. The average molecular weight is 319 g/mol. The van der Waals surface area contributed by atoms with Gasteiger partial charge in [-0.15, -0.1) is 0 Å². The van der Waals surface area contributed by atoms with Crippen LogP contribution in [0.25, 0.3) is 0 Å². The monoisotopic (exact) mass is 319 g/mol. The zero-order valence-electron chi connectivity index (χ0n) is 13.7. The van der Waals surface area contributed by atoms with E-state index in [2.05, 4.69) is 17.4 Å². The highest BCUT2D eigenvalue weighted by Gasteiger charge is 2.24. The van der Waals surface area contributed by atoms with Crippen molar-refractivity contribution in [2.45, 2.75) is 19.9 Å². The van der Waals surface area contributed by atoms with E-state index in [-0.39, 0.29) is 12.0 Å². The Morgan fingerprint density at radius 1 is 1.09 bits per heavy atom. The molecule has 1 aliphatic rings. The Morgan fingerprint density at radius 2 is 1.74 bits per heavy atom. The highest BCUT2D eigenvalue weighted by Crippen LogP contribution is 2.05. The fourth-order valence-corrected chi connectivity index (χ4v) is 2.54. The Morgan fingerprint density at radius 3 is 2.39 bits per heavy atom. The van der Waals surface area contributed by atoms with Gasteiger partial charge in [-0.3, -0.25) is 4.79 Å². The molecule has 126 valence electrons. The lowest BCUT2D eigenvalue weighted by Gasteiger charge is -2.34. The summed E-state index contributed by atoms with van der Waals surface area (Å²) in [6, 6.07) is 10.1. The number of nitrogens with one attached hydrogen (secondary N) is 1. The Kier molecular flexibility index (Phi) is 6.87. The number of carbonyl (C=O) groups excluding carboxylic acids is 2. The molecule has 0 saturated carbocycles. The van der Waals surface area contributed by atoms with Crippen LogP contribution in [0.15, 0.2) is 30.3 Å². The minimum atomic E-state index is -0.288. The molecule has 1 aromatic rings. The molecule has 1 aliphatic heterocycles. The zero-order chi connectivity index (χ0) is 16.5. The summed E-state index contributed by atoms with van der Waals surface area (Å²) in [6.07, 6.45) is 0.191. The molecule has 2 rings (SSSR count).